The van der Waals surface area contributed by atoms with Crippen LogP contribution in [0.1, 0.15) is 24.8 Å². The second kappa shape index (κ2) is 7.60. The van der Waals surface area contributed by atoms with Gasteiger partial charge in [-0.2, -0.15) is 0 Å². The Balaban J connectivity index is 2.42. The Bertz CT molecular complexity index is 308. The maximum Gasteiger partial charge on any atom is 0.0251 e. The Morgan fingerprint density at radius 2 is 2.06 bits per heavy atom. The predicted octanol–water partition coefficient (Wildman–Crippen LogP) is 3.18. The number of allylic oxidation sites excluding steroid dienone is 1. The van der Waals surface area contributed by atoms with E-state index in [4.69, 9.17) is 5.84 Å². The molecule has 1 aromatic rings. The predicted molar refractivity (Wildman–Crippen MR) is 73.0 cm³/mol. The summed E-state index contributed by atoms with van der Waals surface area (Å²) in [5.41, 5.74) is 4.19. The fraction of sp³-hybridized carbons (Fsp3) is 0.385. The number of nitrogens with two attached hydrogens (primary N) is 1. The summed E-state index contributed by atoms with van der Waals surface area (Å²) in [6.45, 7) is 3.72. The minimum absolute atomic E-state index is 0.348. The first-order valence-electron chi connectivity index (χ1n) is 5.57. The van der Waals surface area contributed by atoms with Gasteiger partial charge in [-0.3, -0.25) is 11.3 Å². The zero-order valence-electron chi connectivity index (χ0n) is 9.45. The van der Waals surface area contributed by atoms with Crippen LogP contribution in [0, 0.1) is 0 Å². The number of hydrogen-bond acceptors (Lipinski definition) is 2. The molecule has 0 fully saturated rings. The van der Waals surface area contributed by atoms with Crippen molar-refractivity contribution in [2.45, 2.75) is 31.7 Å². The normalized spacial score (nSPS) is 12.4. The molecular formula is C13H19BrN2. The van der Waals surface area contributed by atoms with Crippen molar-refractivity contribution in [3.05, 3.63) is 47.0 Å². The third-order valence-electron chi connectivity index (χ3n) is 2.59. The Morgan fingerprint density at radius 3 is 2.62 bits per heavy atom. The van der Waals surface area contributed by atoms with Gasteiger partial charge < -0.3 is 0 Å². The number of nitrogens with one attached hydrogen (secondary N) is 1. The fourth-order valence-electron chi connectivity index (χ4n) is 1.66. The lowest BCUT2D eigenvalue weighted by Crippen LogP contribution is -2.36. The van der Waals surface area contributed by atoms with E-state index in [0.717, 1.165) is 30.2 Å². The van der Waals surface area contributed by atoms with Crippen molar-refractivity contribution < 1.29 is 0 Å². The lowest BCUT2D eigenvalue weighted by molar-refractivity contribution is 0.478. The Kier molecular flexibility index (Phi) is 6.38. The van der Waals surface area contributed by atoms with Crippen LogP contribution < -0.4 is 11.3 Å². The molecule has 3 N–H and O–H groups in total. The standard InChI is InChI=1S/C13H19BrN2/c1-2-3-4-5-13(16-15)10-11-6-8-12(14)9-7-11/h2,6-9,13,16H,1,3-5,10,15H2. The molecule has 0 spiro atoms. The van der Waals surface area contributed by atoms with Crippen molar-refractivity contribution in [1.29, 1.82) is 0 Å². The Morgan fingerprint density at radius 1 is 1.38 bits per heavy atom. The van der Waals surface area contributed by atoms with Crippen molar-refractivity contribution in [2.75, 3.05) is 0 Å². The van der Waals surface area contributed by atoms with Gasteiger partial charge in [-0.1, -0.05) is 34.1 Å². The summed E-state index contributed by atoms with van der Waals surface area (Å²) >= 11 is 3.43. The van der Waals surface area contributed by atoms with Crippen LogP contribution in [0.4, 0.5) is 0 Å². The van der Waals surface area contributed by atoms with Gasteiger partial charge in [0.05, 0.1) is 0 Å². The summed E-state index contributed by atoms with van der Waals surface area (Å²) in [5.74, 6) is 5.55. The van der Waals surface area contributed by atoms with E-state index < -0.39 is 0 Å². The first-order chi connectivity index (χ1) is 7.76. The quantitative estimate of drug-likeness (QED) is 0.349. The van der Waals surface area contributed by atoms with Gasteiger partial charge in [-0.05, 0) is 43.4 Å². The van der Waals surface area contributed by atoms with Crippen LogP contribution >= 0.6 is 15.9 Å². The highest BCUT2D eigenvalue weighted by atomic mass is 79.9. The lowest BCUT2D eigenvalue weighted by Gasteiger charge is -2.15. The molecule has 0 amide bonds. The molecule has 1 unspecified atom stereocenters. The molecule has 0 heterocycles. The molecule has 16 heavy (non-hydrogen) atoms. The van der Waals surface area contributed by atoms with E-state index in [-0.39, 0.29) is 0 Å². The first-order valence-corrected chi connectivity index (χ1v) is 6.37. The van der Waals surface area contributed by atoms with Crippen molar-refractivity contribution in [2.24, 2.45) is 5.84 Å². The minimum Gasteiger partial charge on any atom is -0.271 e. The molecule has 1 aromatic carbocycles. The van der Waals surface area contributed by atoms with Gasteiger partial charge in [0.15, 0.2) is 0 Å². The zero-order valence-corrected chi connectivity index (χ0v) is 11.0. The molecule has 0 aliphatic carbocycles. The van der Waals surface area contributed by atoms with E-state index in [1.54, 1.807) is 0 Å². The van der Waals surface area contributed by atoms with Crippen molar-refractivity contribution in [1.82, 2.24) is 5.43 Å². The molecule has 0 radical (unpaired) electrons. The minimum atomic E-state index is 0.348. The highest BCUT2D eigenvalue weighted by Crippen LogP contribution is 2.13. The Labute approximate surface area is 106 Å². The van der Waals surface area contributed by atoms with Crippen LogP contribution in [-0.2, 0) is 6.42 Å². The molecule has 0 saturated heterocycles. The number of benzene rings is 1. The van der Waals surface area contributed by atoms with Crippen LogP contribution in [-0.4, -0.2) is 6.04 Å². The van der Waals surface area contributed by atoms with E-state index in [2.05, 4.69) is 52.2 Å². The van der Waals surface area contributed by atoms with E-state index in [0.29, 0.717) is 6.04 Å². The van der Waals surface area contributed by atoms with Gasteiger partial charge in [0.25, 0.3) is 0 Å². The summed E-state index contributed by atoms with van der Waals surface area (Å²) in [6.07, 6.45) is 6.19. The molecule has 0 saturated carbocycles. The summed E-state index contributed by atoms with van der Waals surface area (Å²) in [7, 11) is 0. The molecule has 2 nitrogen and oxygen atoms in total. The summed E-state index contributed by atoms with van der Waals surface area (Å²) in [5, 5.41) is 0. The smallest absolute Gasteiger partial charge is 0.0251 e. The van der Waals surface area contributed by atoms with E-state index >= 15 is 0 Å². The fourth-order valence-corrected chi connectivity index (χ4v) is 1.92. The second-order valence-electron chi connectivity index (χ2n) is 3.91. The van der Waals surface area contributed by atoms with Crippen LogP contribution in [0.5, 0.6) is 0 Å². The van der Waals surface area contributed by atoms with Crippen LogP contribution in [0.3, 0.4) is 0 Å². The molecule has 88 valence electrons. The second-order valence-corrected chi connectivity index (χ2v) is 4.83. The van der Waals surface area contributed by atoms with Gasteiger partial charge in [-0.25, -0.2) is 0 Å². The third-order valence-corrected chi connectivity index (χ3v) is 3.12. The molecule has 3 heteroatoms. The van der Waals surface area contributed by atoms with Gasteiger partial charge in [0.1, 0.15) is 0 Å². The highest BCUT2D eigenvalue weighted by Gasteiger charge is 2.06. The average molecular weight is 283 g/mol. The monoisotopic (exact) mass is 282 g/mol. The topological polar surface area (TPSA) is 38.0 Å². The molecule has 1 rings (SSSR count). The van der Waals surface area contributed by atoms with E-state index in [9.17, 15) is 0 Å². The van der Waals surface area contributed by atoms with E-state index in [1.807, 2.05) is 6.08 Å². The maximum absolute atomic E-state index is 5.55. The summed E-state index contributed by atoms with van der Waals surface area (Å²) in [4.78, 5) is 0. The number of hydrazine groups is 1. The van der Waals surface area contributed by atoms with Crippen molar-refractivity contribution >= 4 is 15.9 Å². The molecular weight excluding hydrogens is 264 g/mol. The molecule has 1 atom stereocenters. The van der Waals surface area contributed by atoms with Crippen LogP contribution in [0.2, 0.25) is 0 Å². The largest absolute Gasteiger partial charge is 0.271 e. The van der Waals surface area contributed by atoms with Crippen molar-refractivity contribution in [3.63, 3.8) is 0 Å². The average Bonchev–Trinajstić information content (AvgIpc) is 2.31. The van der Waals surface area contributed by atoms with E-state index in [1.165, 1.54) is 5.56 Å². The third kappa shape index (κ3) is 4.92. The Hall–Kier alpha value is -0.640. The molecule has 0 aliphatic rings. The number of hydrogen-bond donors (Lipinski definition) is 2. The summed E-state index contributed by atoms with van der Waals surface area (Å²) < 4.78 is 1.11. The van der Waals surface area contributed by atoms with Crippen molar-refractivity contribution in [3.8, 4) is 0 Å². The first kappa shape index (κ1) is 13.4. The maximum atomic E-state index is 5.55. The van der Waals surface area contributed by atoms with Gasteiger partial charge >= 0.3 is 0 Å². The molecule has 0 aromatic heterocycles. The highest BCUT2D eigenvalue weighted by molar-refractivity contribution is 9.10. The van der Waals surface area contributed by atoms with Crippen LogP contribution in [0.25, 0.3) is 0 Å². The van der Waals surface area contributed by atoms with Gasteiger partial charge in [-0.15, -0.1) is 6.58 Å². The number of rotatable bonds is 7. The molecule has 0 aliphatic heterocycles. The zero-order chi connectivity index (χ0) is 11.8. The van der Waals surface area contributed by atoms with Gasteiger partial charge in [0, 0.05) is 10.5 Å². The lowest BCUT2D eigenvalue weighted by atomic mass is 10.0. The van der Waals surface area contributed by atoms with Crippen LogP contribution in [0.15, 0.2) is 41.4 Å². The number of unbranched alkanes of at least 4 members (excludes halogenated alkanes) is 1. The number of halogens is 1. The SMILES string of the molecule is C=CCCCC(Cc1ccc(Br)cc1)NN. The molecule has 0 bridgehead atoms. The van der Waals surface area contributed by atoms with Gasteiger partial charge in [0.2, 0.25) is 0 Å². The summed E-state index contributed by atoms with van der Waals surface area (Å²) in [6, 6.07) is 8.73.